The van der Waals surface area contributed by atoms with Crippen LogP contribution in [-0.2, 0) is 0 Å². The van der Waals surface area contributed by atoms with Gasteiger partial charge in [0.05, 0.1) is 16.3 Å². The highest BCUT2D eigenvalue weighted by molar-refractivity contribution is 6.42. The van der Waals surface area contributed by atoms with Gasteiger partial charge in [0.15, 0.2) is 5.82 Å². The molecule has 6 nitrogen and oxygen atoms in total. The van der Waals surface area contributed by atoms with Crippen LogP contribution in [-0.4, -0.2) is 21.4 Å². The summed E-state index contributed by atoms with van der Waals surface area (Å²) in [5.74, 6) is 0.292. The molecule has 0 bridgehead atoms. The molecule has 98 valence electrons. The second-order valence-electron chi connectivity index (χ2n) is 3.62. The summed E-state index contributed by atoms with van der Waals surface area (Å²) in [6.45, 7) is 1.69. The molecule has 0 radical (unpaired) electrons. The number of aryl methyl sites for hydroxylation is 1. The molecule has 2 aromatic rings. The molecule has 0 aliphatic heterocycles. The summed E-state index contributed by atoms with van der Waals surface area (Å²) in [5, 5.41) is 10.8. The molecule has 0 atom stereocenters. The number of hydrogen-bond acceptors (Lipinski definition) is 5. The Hall–Kier alpha value is -1.92. The van der Waals surface area contributed by atoms with Crippen molar-refractivity contribution in [3.05, 3.63) is 50.0 Å². The third-order valence-corrected chi connectivity index (χ3v) is 2.94. The molecule has 2 N–H and O–H groups in total. The molecule has 0 amide bonds. The van der Waals surface area contributed by atoms with Gasteiger partial charge in [-0.15, -0.1) is 0 Å². The monoisotopic (exact) mass is 297 g/mol. The molecular formula is C11H9Cl2N5O. The molecule has 0 saturated carbocycles. The molecular weight excluding hydrogens is 289 g/mol. The maximum Gasteiger partial charge on any atom is 0.363 e. The Morgan fingerprint density at radius 3 is 2.89 bits per heavy atom. The standard InChI is InChI=1S/C11H9Cl2N5O/c1-6-10(15-11(19)18-16-6)17-14-5-7-2-3-8(12)9(13)4-7/h2-5H,1H3,(H2,15,17,18,19)/b14-5+. The van der Waals surface area contributed by atoms with Crippen molar-refractivity contribution in [1.82, 2.24) is 15.2 Å². The van der Waals surface area contributed by atoms with Crippen molar-refractivity contribution in [2.45, 2.75) is 6.92 Å². The van der Waals surface area contributed by atoms with Crippen LogP contribution in [0.15, 0.2) is 28.1 Å². The van der Waals surface area contributed by atoms with E-state index >= 15 is 0 Å². The van der Waals surface area contributed by atoms with E-state index in [1.165, 1.54) is 6.21 Å². The van der Waals surface area contributed by atoms with Crippen LogP contribution in [0.2, 0.25) is 10.0 Å². The van der Waals surface area contributed by atoms with E-state index in [1.807, 2.05) is 0 Å². The molecule has 8 heteroatoms. The number of aromatic nitrogens is 3. The number of hydrazone groups is 1. The first-order chi connectivity index (χ1) is 9.06. The second-order valence-corrected chi connectivity index (χ2v) is 4.43. The fraction of sp³-hybridized carbons (Fsp3) is 0.0909. The van der Waals surface area contributed by atoms with Gasteiger partial charge in [-0.2, -0.15) is 15.2 Å². The molecule has 1 aromatic heterocycles. The van der Waals surface area contributed by atoms with E-state index in [9.17, 15) is 4.79 Å². The molecule has 1 aromatic carbocycles. The minimum Gasteiger partial charge on any atom is -0.260 e. The predicted molar refractivity (Wildman–Crippen MR) is 75.1 cm³/mol. The molecule has 0 unspecified atom stereocenters. The maximum absolute atomic E-state index is 11.0. The van der Waals surface area contributed by atoms with Crippen molar-refractivity contribution < 1.29 is 0 Å². The Morgan fingerprint density at radius 2 is 2.16 bits per heavy atom. The average molecular weight is 298 g/mol. The van der Waals surface area contributed by atoms with E-state index < -0.39 is 5.69 Å². The Kier molecular flexibility index (Phi) is 4.13. The van der Waals surface area contributed by atoms with Crippen LogP contribution in [0.3, 0.4) is 0 Å². The normalized spacial score (nSPS) is 10.9. The Balaban J connectivity index is 2.13. The molecule has 1 heterocycles. The van der Waals surface area contributed by atoms with Crippen LogP contribution in [0.4, 0.5) is 5.82 Å². The lowest BCUT2D eigenvalue weighted by Crippen LogP contribution is -2.15. The number of rotatable bonds is 3. The fourth-order valence-electron chi connectivity index (χ4n) is 1.26. The van der Waals surface area contributed by atoms with Gasteiger partial charge >= 0.3 is 5.69 Å². The fourth-order valence-corrected chi connectivity index (χ4v) is 1.57. The van der Waals surface area contributed by atoms with E-state index in [0.29, 0.717) is 21.6 Å². The van der Waals surface area contributed by atoms with E-state index in [4.69, 9.17) is 23.2 Å². The van der Waals surface area contributed by atoms with Crippen molar-refractivity contribution in [3.63, 3.8) is 0 Å². The van der Waals surface area contributed by atoms with Crippen molar-refractivity contribution in [3.8, 4) is 0 Å². The number of hydrogen-bond donors (Lipinski definition) is 2. The SMILES string of the molecule is Cc1n[nH]c(=O)nc1N/N=C/c1ccc(Cl)c(Cl)c1. The van der Waals surface area contributed by atoms with E-state index in [-0.39, 0.29) is 0 Å². The summed E-state index contributed by atoms with van der Waals surface area (Å²) in [6.07, 6.45) is 1.53. The number of nitrogens with zero attached hydrogens (tertiary/aromatic N) is 3. The van der Waals surface area contributed by atoms with E-state index in [2.05, 4.69) is 25.7 Å². The predicted octanol–water partition coefficient (Wildman–Crippen LogP) is 2.23. The Morgan fingerprint density at radius 1 is 1.37 bits per heavy atom. The summed E-state index contributed by atoms with van der Waals surface area (Å²) in [7, 11) is 0. The van der Waals surface area contributed by atoms with Gasteiger partial charge in [0.1, 0.15) is 5.69 Å². The largest absolute Gasteiger partial charge is 0.363 e. The first kappa shape index (κ1) is 13.5. The van der Waals surface area contributed by atoms with Gasteiger partial charge in [-0.25, -0.2) is 9.89 Å². The van der Waals surface area contributed by atoms with Gasteiger partial charge in [0, 0.05) is 0 Å². The van der Waals surface area contributed by atoms with Gasteiger partial charge in [0.25, 0.3) is 0 Å². The first-order valence-corrected chi connectivity index (χ1v) is 5.99. The molecule has 0 fully saturated rings. The van der Waals surface area contributed by atoms with Crippen molar-refractivity contribution in [1.29, 1.82) is 0 Å². The minimum atomic E-state index is -0.544. The third kappa shape index (κ3) is 3.52. The number of H-pyrrole nitrogens is 1. The van der Waals surface area contributed by atoms with Gasteiger partial charge in [-0.05, 0) is 24.6 Å². The zero-order chi connectivity index (χ0) is 13.8. The van der Waals surface area contributed by atoms with Crippen molar-refractivity contribution in [2.24, 2.45) is 5.10 Å². The van der Waals surface area contributed by atoms with E-state index in [0.717, 1.165) is 5.56 Å². The van der Waals surface area contributed by atoms with Crippen LogP contribution < -0.4 is 11.1 Å². The Labute approximate surface area is 118 Å². The summed E-state index contributed by atoms with van der Waals surface area (Å²) < 4.78 is 0. The highest BCUT2D eigenvalue weighted by Crippen LogP contribution is 2.21. The van der Waals surface area contributed by atoms with Crippen LogP contribution in [0, 0.1) is 6.92 Å². The molecule has 0 aliphatic rings. The summed E-state index contributed by atoms with van der Waals surface area (Å²) in [4.78, 5) is 14.7. The quantitative estimate of drug-likeness (QED) is 0.672. The van der Waals surface area contributed by atoms with Crippen LogP contribution >= 0.6 is 23.2 Å². The van der Waals surface area contributed by atoms with Crippen LogP contribution in [0.5, 0.6) is 0 Å². The summed E-state index contributed by atoms with van der Waals surface area (Å²) in [5.41, 5.74) is 3.39. The maximum atomic E-state index is 11.0. The number of anilines is 1. The van der Waals surface area contributed by atoms with Gasteiger partial charge in [-0.3, -0.25) is 5.43 Å². The molecule has 0 spiro atoms. The molecule has 19 heavy (non-hydrogen) atoms. The average Bonchev–Trinajstić information content (AvgIpc) is 2.38. The van der Waals surface area contributed by atoms with E-state index in [1.54, 1.807) is 25.1 Å². The summed E-state index contributed by atoms with van der Waals surface area (Å²) in [6, 6.07) is 5.10. The van der Waals surface area contributed by atoms with Gasteiger partial charge in [0.2, 0.25) is 0 Å². The van der Waals surface area contributed by atoms with Gasteiger partial charge < -0.3 is 0 Å². The lowest BCUT2D eigenvalue weighted by molar-refractivity contribution is 0.879. The molecule has 0 aliphatic carbocycles. The number of aromatic amines is 1. The number of benzene rings is 1. The second kappa shape index (κ2) is 5.81. The highest BCUT2D eigenvalue weighted by atomic mass is 35.5. The van der Waals surface area contributed by atoms with Gasteiger partial charge in [-0.1, -0.05) is 29.3 Å². The lowest BCUT2D eigenvalue weighted by Gasteiger charge is -2.01. The first-order valence-electron chi connectivity index (χ1n) is 5.24. The third-order valence-electron chi connectivity index (χ3n) is 2.20. The topological polar surface area (TPSA) is 83.0 Å². The smallest absolute Gasteiger partial charge is 0.260 e. The van der Waals surface area contributed by atoms with Crippen molar-refractivity contribution >= 4 is 35.2 Å². The number of halogens is 2. The zero-order valence-corrected chi connectivity index (χ0v) is 11.3. The van der Waals surface area contributed by atoms with Crippen LogP contribution in [0.1, 0.15) is 11.3 Å². The molecule has 0 saturated heterocycles. The zero-order valence-electron chi connectivity index (χ0n) is 9.82. The molecule has 2 rings (SSSR count). The lowest BCUT2D eigenvalue weighted by atomic mass is 10.2. The van der Waals surface area contributed by atoms with Crippen LogP contribution in [0.25, 0.3) is 0 Å². The number of nitrogens with one attached hydrogen (secondary N) is 2. The van der Waals surface area contributed by atoms with Crippen molar-refractivity contribution in [2.75, 3.05) is 5.43 Å². The summed E-state index contributed by atoms with van der Waals surface area (Å²) >= 11 is 11.7. The highest BCUT2D eigenvalue weighted by Gasteiger charge is 2.00. The minimum absolute atomic E-state index is 0.292. The Bertz CT molecular complexity index is 683.